The molecule has 0 bridgehead atoms. The molecule has 2 aliphatic rings. The van der Waals surface area contributed by atoms with Crippen LogP contribution in [0.2, 0.25) is 0 Å². The molecule has 0 aliphatic carbocycles. The molecule has 0 radical (unpaired) electrons. The summed E-state index contributed by atoms with van der Waals surface area (Å²) in [6.45, 7) is 1.98. The van der Waals surface area contributed by atoms with Crippen LogP contribution in [0, 0.1) is 0 Å². The van der Waals surface area contributed by atoms with Gasteiger partial charge in [0.1, 0.15) is 11.5 Å². The number of aromatic hydroxyl groups is 1. The molecule has 6 rings (SSSR count). The normalized spacial score (nSPS) is 18.3. The molecule has 2 atom stereocenters. The van der Waals surface area contributed by atoms with Crippen molar-refractivity contribution in [1.29, 1.82) is 0 Å². The molecule has 2 aliphatic heterocycles. The SMILES string of the molecule is COc1ccc2c(c1)CCN(C)C2Cc1ccc(O)c(Oc2ccc(CC3c4cc(OC)c(OC)cc4CCN3C)cc2)c1. The van der Waals surface area contributed by atoms with Gasteiger partial charge in [-0.1, -0.05) is 24.3 Å². The lowest BCUT2D eigenvalue weighted by molar-refractivity contribution is 0.228. The molecule has 2 unspecified atom stereocenters. The average Bonchev–Trinajstić information content (AvgIpc) is 3.05. The van der Waals surface area contributed by atoms with Crippen molar-refractivity contribution in [2.75, 3.05) is 48.5 Å². The van der Waals surface area contributed by atoms with Crippen LogP contribution in [0.1, 0.15) is 45.5 Å². The summed E-state index contributed by atoms with van der Waals surface area (Å²) in [4.78, 5) is 4.80. The summed E-state index contributed by atoms with van der Waals surface area (Å²) < 4.78 is 22.8. The molecular formula is C37H42N2O5. The zero-order valence-corrected chi connectivity index (χ0v) is 26.3. The number of hydrogen-bond acceptors (Lipinski definition) is 7. The van der Waals surface area contributed by atoms with Crippen molar-refractivity contribution in [3.63, 3.8) is 0 Å². The number of nitrogens with zero attached hydrogens (tertiary/aromatic N) is 2. The van der Waals surface area contributed by atoms with Gasteiger partial charge in [-0.05, 0) is 122 Å². The fraction of sp³-hybridized carbons (Fsp3) is 0.351. The highest BCUT2D eigenvalue weighted by molar-refractivity contribution is 5.50. The summed E-state index contributed by atoms with van der Waals surface area (Å²) in [5, 5.41) is 10.7. The van der Waals surface area contributed by atoms with Crippen LogP contribution in [-0.4, -0.2) is 63.4 Å². The van der Waals surface area contributed by atoms with Gasteiger partial charge in [-0.15, -0.1) is 0 Å². The lowest BCUT2D eigenvalue weighted by atomic mass is 9.88. The molecule has 2 heterocycles. The first-order valence-corrected chi connectivity index (χ1v) is 15.3. The summed E-state index contributed by atoms with van der Waals surface area (Å²) >= 11 is 0. The van der Waals surface area contributed by atoms with Crippen LogP contribution in [-0.2, 0) is 25.7 Å². The van der Waals surface area contributed by atoms with Gasteiger partial charge >= 0.3 is 0 Å². The number of benzene rings is 4. The van der Waals surface area contributed by atoms with Crippen molar-refractivity contribution in [2.24, 2.45) is 0 Å². The van der Waals surface area contributed by atoms with Gasteiger partial charge in [0.15, 0.2) is 23.0 Å². The molecule has 44 heavy (non-hydrogen) atoms. The van der Waals surface area contributed by atoms with Crippen LogP contribution in [0.25, 0.3) is 0 Å². The number of likely N-dealkylation sites (N-methyl/N-ethyl adjacent to an activating group) is 2. The smallest absolute Gasteiger partial charge is 0.169 e. The van der Waals surface area contributed by atoms with Crippen molar-refractivity contribution >= 4 is 0 Å². The molecule has 7 nitrogen and oxygen atoms in total. The van der Waals surface area contributed by atoms with E-state index in [2.05, 4.69) is 60.3 Å². The molecule has 7 heteroatoms. The zero-order valence-electron chi connectivity index (χ0n) is 26.3. The summed E-state index contributed by atoms with van der Waals surface area (Å²) in [5.41, 5.74) is 7.58. The highest BCUT2D eigenvalue weighted by Gasteiger charge is 2.28. The van der Waals surface area contributed by atoms with E-state index in [1.54, 1.807) is 27.4 Å². The Morgan fingerprint density at radius 2 is 1.20 bits per heavy atom. The Morgan fingerprint density at radius 3 is 1.89 bits per heavy atom. The highest BCUT2D eigenvalue weighted by atomic mass is 16.5. The third-order valence-electron chi connectivity index (χ3n) is 9.28. The van der Waals surface area contributed by atoms with Crippen LogP contribution in [0.5, 0.6) is 34.5 Å². The number of hydrogen-bond donors (Lipinski definition) is 1. The second-order valence-corrected chi connectivity index (χ2v) is 11.9. The third kappa shape index (κ3) is 6.07. The van der Waals surface area contributed by atoms with Crippen LogP contribution in [0.4, 0.5) is 0 Å². The minimum absolute atomic E-state index is 0.129. The monoisotopic (exact) mass is 594 g/mol. The first-order valence-electron chi connectivity index (χ1n) is 15.3. The van der Waals surface area contributed by atoms with E-state index in [1.807, 2.05) is 30.3 Å². The van der Waals surface area contributed by atoms with Crippen LogP contribution in [0.15, 0.2) is 72.8 Å². The number of fused-ring (bicyclic) bond motifs is 2. The fourth-order valence-electron chi connectivity index (χ4n) is 6.66. The van der Waals surface area contributed by atoms with Gasteiger partial charge in [-0.2, -0.15) is 0 Å². The van der Waals surface area contributed by atoms with Gasteiger partial charge in [0.2, 0.25) is 0 Å². The summed E-state index contributed by atoms with van der Waals surface area (Å²) in [6, 6.07) is 25.0. The minimum atomic E-state index is 0.129. The molecule has 0 spiro atoms. The second kappa shape index (κ2) is 12.8. The van der Waals surface area contributed by atoms with Gasteiger partial charge in [-0.25, -0.2) is 0 Å². The van der Waals surface area contributed by atoms with Crippen molar-refractivity contribution in [3.05, 3.63) is 106 Å². The molecule has 1 N–H and O–H groups in total. The number of ether oxygens (including phenoxy) is 4. The Kier molecular flexibility index (Phi) is 8.69. The van der Waals surface area contributed by atoms with Gasteiger partial charge < -0.3 is 24.1 Å². The summed E-state index contributed by atoms with van der Waals surface area (Å²) in [6.07, 6.45) is 3.67. The van der Waals surface area contributed by atoms with E-state index in [1.165, 1.54) is 27.8 Å². The van der Waals surface area contributed by atoms with Crippen LogP contribution in [0.3, 0.4) is 0 Å². The Bertz CT molecular complexity index is 1620. The Morgan fingerprint density at radius 1 is 0.614 bits per heavy atom. The molecule has 0 saturated carbocycles. The van der Waals surface area contributed by atoms with Crippen LogP contribution < -0.4 is 18.9 Å². The van der Waals surface area contributed by atoms with E-state index >= 15 is 0 Å². The molecule has 0 fully saturated rings. The molecule has 0 aromatic heterocycles. The zero-order chi connectivity index (χ0) is 30.8. The maximum Gasteiger partial charge on any atom is 0.169 e. The first kappa shape index (κ1) is 29.9. The Hall–Kier alpha value is -4.20. The van der Waals surface area contributed by atoms with Gasteiger partial charge in [0.25, 0.3) is 0 Å². The molecule has 0 amide bonds. The van der Waals surface area contributed by atoms with E-state index in [0.717, 1.165) is 61.6 Å². The number of methoxy groups -OCH3 is 3. The Balaban J connectivity index is 1.17. The predicted molar refractivity (Wildman–Crippen MR) is 173 cm³/mol. The summed E-state index contributed by atoms with van der Waals surface area (Å²) in [5.74, 6) is 3.72. The predicted octanol–water partition coefficient (Wildman–Crippen LogP) is 6.75. The van der Waals surface area contributed by atoms with Crippen molar-refractivity contribution in [3.8, 4) is 34.5 Å². The lowest BCUT2D eigenvalue weighted by Gasteiger charge is -2.35. The molecular weight excluding hydrogens is 552 g/mol. The maximum absolute atomic E-state index is 10.7. The van der Waals surface area contributed by atoms with E-state index in [0.29, 0.717) is 11.5 Å². The largest absolute Gasteiger partial charge is 0.504 e. The number of rotatable bonds is 9. The molecule has 4 aromatic carbocycles. The van der Waals surface area contributed by atoms with E-state index in [4.69, 9.17) is 18.9 Å². The first-order chi connectivity index (χ1) is 21.4. The van der Waals surface area contributed by atoms with E-state index in [-0.39, 0.29) is 17.8 Å². The standard InChI is InChI=1S/C37H42N2O5/c1-38-16-14-26-21-29(41-3)11-12-30(26)32(38)19-25-8-13-34(40)35(20-25)44-28-9-6-24(7-10-28)18-33-31-23-37(43-5)36(42-4)22-27(31)15-17-39(33)2/h6-13,20-23,32-33,40H,14-19H2,1-5H3. The van der Waals surface area contributed by atoms with Crippen molar-refractivity contribution in [2.45, 2.75) is 37.8 Å². The minimum Gasteiger partial charge on any atom is -0.504 e. The lowest BCUT2D eigenvalue weighted by Crippen LogP contribution is -2.33. The van der Waals surface area contributed by atoms with E-state index in [9.17, 15) is 5.11 Å². The third-order valence-corrected chi connectivity index (χ3v) is 9.28. The Labute approximate surface area is 260 Å². The summed E-state index contributed by atoms with van der Waals surface area (Å²) in [7, 11) is 9.43. The van der Waals surface area contributed by atoms with Crippen molar-refractivity contribution in [1.82, 2.24) is 9.80 Å². The molecule has 4 aromatic rings. The van der Waals surface area contributed by atoms with Crippen LogP contribution >= 0.6 is 0 Å². The fourth-order valence-corrected chi connectivity index (χ4v) is 6.66. The highest BCUT2D eigenvalue weighted by Crippen LogP contribution is 2.40. The average molecular weight is 595 g/mol. The van der Waals surface area contributed by atoms with Gasteiger partial charge in [0, 0.05) is 25.2 Å². The van der Waals surface area contributed by atoms with Gasteiger partial charge in [-0.3, -0.25) is 9.80 Å². The topological polar surface area (TPSA) is 63.6 Å². The number of phenols is 1. The maximum atomic E-state index is 10.7. The number of phenolic OH excluding ortho intramolecular Hbond substituents is 1. The second-order valence-electron chi connectivity index (χ2n) is 11.9. The quantitative estimate of drug-likeness (QED) is 0.230. The van der Waals surface area contributed by atoms with Crippen molar-refractivity contribution < 1.29 is 24.1 Å². The van der Waals surface area contributed by atoms with Gasteiger partial charge in [0.05, 0.1) is 21.3 Å². The molecule has 230 valence electrons. The van der Waals surface area contributed by atoms with E-state index < -0.39 is 0 Å². The molecule has 0 saturated heterocycles.